The molecule has 0 bridgehead atoms. The normalized spacial score (nSPS) is 12.3. The van der Waals surface area contributed by atoms with Crippen molar-refractivity contribution in [2.75, 3.05) is 6.54 Å². The first-order valence-electron chi connectivity index (χ1n) is 5.44. The molecule has 1 aromatic carbocycles. The molecule has 3 nitrogen and oxygen atoms in total. The van der Waals surface area contributed by atoms with Crippen molar-refractivity contribution < 1.29 is 4.79 Å². The van der Waals surface area contributed by atoms with Crippen LogP contribution in [0.1, 0.15) is 19.4 Å². The van der Waals surface area contributed by atoms with Gasteiger partial charge in [-0.1, -0.05) is 29.3 Å². The Morgan fingerprint density at radius 2 is 2.06 bits per heavy atom. The molecule has 94 valence electrons. The number of halogens is 2. The summed E-state index contributed by atoms with van der Waals surface area (Å²) in [6.45, 7) is 4.70. The Labute approximate surface area is 111 Å². The molecule has 0 saturated carbocycles. The third-order valence-corrected chi connectivity index (χ3v) is 3.18. The third-order valence-electron chi connectivity index (χ3n) is 2.44. The molecular formula is C12H16Cl2N2O. The predicted molar refractivity (Wildman–Crippen MR) is 71.2 cm³/mol. The summed E-state index contributed by atoms with van der Waals surface area (Å²) in [4.78, 5) is 13.5. The Morgan fingerprint density at radius 3 is 2.53 bits per heavy atom. The summed E-state index contributed by atoms with van der Waals surface area (Å²) in [6, 6.07) is 4.85. The van der Waals surface area contributed by atoms with Crippen molar-refractivity contribution >= 4 is 29.1 Å². The fourth-order valence-corrected chi connectivity index (χ4v) is 1.81. The van der Waals surface area contributed by atoms with Crippen molar-refractivity contribution in [3.8, 4) is 0 Å². The van der Waals surface area contributed by atoms with Crippen LogP contribution in [0.3, 0.4) is 0 Å². The summed E-state index contributed by atoms with van der Waals surface area (Å²) >= 11 is 11.8. The number of hydrogen-bond acceptors (Lipinski definition) is 2. The number of nitrogens with zero attached hydrogens (tertiary/aromatic N) is 1. The standard InChI is InChI=1S/C12H16Cl2N2O/c1-3-16(12(17)8(2)15)7-9-4-5-10(13)11(14)6-9/h4-6,8H,3,7,15H2,1-2H3/t8-/m1/s1. The third kappa shape index (κ3) is 3.87. The summed E-state index contributed by atoms with van der Waals surface area (Å²) < 4.78 is 0. The van der Waals surface area contributed by atoms with Crippen molar-refractivity contribution in [2.45, 2.75) is 26.4 Å². The van der Waals surface area contributed by atoms with E-state index in [2.05, 4.69) is 0 Å². The van der Waals surface area contributed by atoms with Gasteiger partial charge in [0.2, 0.25) is 5.91 Å². The highest BCUT2D eigenvalue weighted by Gasteiger charge is 2.16. The van der Waals surface area contributed by atoms with Gasteiger partial charge in [-0.25, -0.2) is 0 Å². The summed E-state index contributed by atoms with van der Waals surface area (Å²) in [5.74, 6) is -0.0708. The van der Waals surface area contributed by atoms with Crippen LogP contribution in [0.2, 0.25) is 10.0 Å². The van der Waals surface area contributed by atoms with Gasteiger partial charge in [0.1, 0.15) is 0 Å². The Hall–Kier alpha value is -0.770. The summed E-state index contributed by atoms with van der Waals surface area (Å²) in [7, 11) is 0. The van der Waals surface area contributed by atoms with Gasteiger partial charge >= 0.3 is 0 Å². The molecule has 1 aromatic rings. The lowest BCUT2D eigenvalue weighted by Gasteiger charge is -2.23. The van der Waals surface area contributed by atoms with E-state index in [1.54, 1.807) is 24.0 Å². The minimum absolute atomic E-state index is 0.0708. The number of carbonyl (C=O) groups is 1. The number of carbonyl (C=O) groups excluding carboxylic acids is 1. The van der Waals surface area contributed by atoms with Crippen molar-refractivity contribution in [1.82, 2.24) is 4.90 Å². The number of rotatable bonds is 4. The molecule has 1 amide bonds. The molecule has 0 saturated heterocycles. The van der Waals surface area contributed by atoms with Gasteiger partial charge in [-0.2, -0.15) is 0 Å². The molecule has 0 radical (unpaired) electrons. The molecule has 5 heteroatoms. The summed E-state index contributed by atoms with van der Waals surface area (Å²) in [5.41, 5.74) is 6.52. The molecule has 0 aromatic heterocycles. The topological polar surface area (TPSA) is 46.3 Å². The van der Waals surface area contributed by atoms with E-state index in [9.17, 15) is 4.79 Å². The van der Waals surface area contributed by atoms with E-state index in [1.165, 1.54) is 0 Å². The first-order valence-corrected chi connectivity index (χ1v) is 6.19. The zero-order valence-corrected chi connectivity index (χ0v) is 11.4. The Kier molecular flexibility index (Phi) is 5.25. The van der Waals surface area contributed by atoms with E-state index in [4.69, 9.17) is 28.9 Å². The van der Waals surface area contributed by atoms with E-state index in [0.29, 0.717) is 23.1 Å². The van der Waals surface area contributed by atoms with Gasteiger partial charge in [0.25, 0.3) is 0 Å². The molecule has 0 spiro atoms. The highest BCUT2D eigenvalue weighted by Crippen LogP contribution is 2.23. The van der Waals surface area contributed by atoms with Crippen LogP contribution in [0.5, 0.6) is 0 Å². The molecule has 1 rings (SSSR count). The Balaban J connectivity index is 2.80. The molecule has 17 heavy (non-hydrogen) atoms. The van der Waals surface area contributed by atoms with Gasteiger partial charge in [-0.05, 0) is 31.5 Å². The predicted octanol–water partition coefficient (Wildman–Crippen LogP) is 2.69. The van der Waals surface area contributed by atoms with Gasteiger partial charge in [0.15, 0.2) is 0 Å². The van der Waals surface area contributed by atoms with E-state index in [0.717, 1.165) is 5.56 Å². The minimum atomic E-state index is -0.488. The monoisotopic (exact) mass is 274 g/mol. The SMILES string of the molecule is CCN(Cc1ccc(Cl)c(Cl)c1)C(=O)[C@@H](C)N. The Morgan fingerprint density at radius 1 is 1.41 bits per heavy atom. The molecule has 0 unspecified atom stereocenters. The van der Waals surface area contributed by atoms with Crippen LogP contribution >= 0.6 is 23.2 Å². The maximum atomic E-state index is 11.8. The second-order valence-electron chi connectivity index (χ2n) is 3.89. The van der Waals surface area contributed by atoms with Crippen LogP contribution in [0.25, 0.3) is 0 Å². The number of likely N-dealkylation sites (N-methyl/N-ethyl adjacent to an activating group) is 1. The number of amides is 1. The average Bonchev–Trinajstić information content (AvgIpc) is 2.29. The van der Waals surface area contributed by atoms with Crippen molar-refractivity contribution in [1.29, 1.82) is 0 Å². The number of nitrogens with two attached hydrogens (primary N) is 1. The quantitative estimate of drug-likeness (QED) is 0.918. The molecule has 0 aliphatic rings. The van der Waals surface area contributed by atoms with Crippen LogP contribution in [-0.4, -0.2) is 23.4 Å². The van der Waals surface area contributed by atoms with Crippen molar-refractivity contribution in [3.63, 3.8) is 0 Å². The minimum Gasteiger partial charge on any atom is -0.337 e. The van der Waals surface area contributed by atoms with E-state index in [-0.39, 0.29) is 5.91 Å². The fourth-order valence-electron chi connectivity index (χ4n) is 1.49. The van der Waals surface area contributed by atoms with Gasteiger partial charge < -0.3 is 10.6 Å². The maximum Gasteiger partial charge on any atom is 0.239 e. The summed E-state index contributed by atoms with van der Waals surface area (Å²) in [5, 5.41) is 1.01. The van der Waals surface area contributed by atoms with E-state index in [1.807, 2.05) is 13.0 Å². The van der Waals surface area contributed by atoms with Gasteiger partial charge in [0, 0.05) is 13.1 Å². The average molecular weight is 275 g/mol. The first-order chi connectivity index (χ1) is 7.95. The fraction of sp³-hybridized carbons (Fsp3) is 0.417. The van der Waals surface area contributed by atoms with Crippen LogP contribution in [0.4, 0.5) is 0 Å². The van der Waals surface area contributed by atoms with Crippen LogP contribution < -0.4 is 5.73 Å². The lowest BCUT2D eigenvalue weighted by Crippen LogP contribution is -2.41. The molecule has 0 aliphatic heterocycles. The molecule has 2 N–H and O–H groups in total. The zero-order chi connectivity index (χ0) is 13.0. The summed E-state index contributed by atoms with van der Waals surface area (Å²) in [6.07, 6.45) is 0. The second kappa shape index (κ2) is 6.24. The van der Waals surface area contributed by atoms with Gasteiger partial charge in [-0.3, -0.25) is 4.79 Å². The smallest absolute Gasteiger partial charge is 0.239 e. The van der Waals surface area contributed by atoms with E-state index >= 15 is 0 Å². The van der Waals surface area contributed by atoms with Crippen molar-refractivity contribution in [3.05, 3.63) is 33.8 Å². The van der Waals surface area contributed by atoms with E-state index < -0.39 is 6.04 Å². The Bertz CT molecular complexity index is 407. The number of hydrogen-bond donors (Lipinski definition) is 1. The van der Waals surface area contributed by atoms with Crippen LogP contribution in [0.15, 0.2) is 18.2 Å². The molecule has 0 aliphatic carbocycles. The largest absolute Gasteiger partial charge is 0.337 e. The highest BCUT2D eigenvalue weighted by molar-refractivity contribution is 6.42. The highest BCUT2D eigenvalue weighted by atomic mass is 35.5. The lowest BCUT2D eigenvalue weighted by atomic mass is 10.2. The molecule has 0 fully saturated rings. The maximum absolute atomic E-state index is 11.8. The van der Waals surface area contributed by atoms with Gasteiger partial charge in [-0.15, -0.1) is 0 Å². The first kappa shape index (κ1) is 14.3. The van der Waals surface area contributed by atoms with Crippen LogP contribution in [-0.2, 0) is 11.3 Å². The molecule has 0 heterocycles. The van der Waals surface area contributed by atoms with Crippen LogP contribution in [0, 0.1) is 0 Å². The zero-order valence-electron chi connectivity index (χ0n) is 9.91. The molecular weight excluding hydrogens is 259 g/mol. The van der Waals surface area contributed by atoms with Gasteiger partial charge in [0.05, 0.1) is 16.1 Å². The lowest BCUT2D eigenvalue weighted by molar-refractivity contribution is -0.132. The number of benzene rings is 1. The van der Waals surface area contributed by atoms with Crippen molar-refractivity contribution in [2.24, 2.45) is 5.73 Å². The second-order valence-corrected chi connectivity index (χ2v) is 4.70. The molecule has 1 atom stereocenters.